The van der Waals surface area contributed by atoms with E-state index in [-0.39, 0.29) is 5.91 Å². The molecule has 0 fully saturated rings. The summed E-state index contributed by atoms with van der Waals surface area (Å²) in [7, 11) is 3.09. The van der Waals surface area contributed by atoms with E-state index in [1.807, 2.05) is 49.4 Å². The van der Waals surface area contributed by atoms with E-state index in [2.05, 4.69) is 5.32 Å². The lowest BCUT2D eigenvalue weighted by molar-refractivity contribution is -0.130. The minimum Gasteiger partial charge on any atom is -0.487 e. The van der Waals surface area contributed by atoms with Crippen molar-refractivity contribution >= 4 is 17.5 Å². The molecule has 0 saturated carbocycles. The maximum atomic E-state index is 11.8. The molecule has 122 valence electrons. The molecule has 0 spiro atoms. The lowest BCUT2D eigenvalue weighted by atomic mass is 10.1. The Kier molecular flexibility index (Phi) is 6.02. The van der Waals surface area contributed by atoms with Crippen LogP contribution in [0.2, 0.25) is 5.02 Å². The first-order chi connectivity index (χ1) is 11.0. The number of nitrogens with one attached hydrogen (secondary N) is 1. The fourth-order valence-corrected chi connectivity index (χ4v) is 2.55. The van der Waals surface area contributed by atoms with Crippen LogP contribution in [0.1, 0.15) is 22.8 Å². The van der Waals surface area contributed by atoms with Crippen molar-refractivity contribution in [1.29, 1.82) is 0 Å². The highest BCUT2D eigenvalue weighted by Gasteiger charge is 2.18. The van der Waals surface area contributed by atoms with Gasteiger partial charge in [0.15, 0.2) is 6.10 Å². The molecule has 0 radical (unpaired) electrons. The van der Waals surface area contributed by atoms with Crippen molar-refractivity contribution in [3.05, 3.63) is 64.2 Å². The average molecular weight is 334 g/mol. The zero-order valence-corrected chi connectivity index (χ0v) is 14.2. The van der Waals surface area contributed by atoms with E-state index in [0.717, 1.165) is 16.7 Å². The highest BCUT2D eigenvalue weighted by atomic mass is 35.5. The van der Waals surface area contributed by atoms with Crippen LogP contribution in [-0.2, 0) is 16.1 Å². The first-order valence-electron chi connectivity index (χ1n) is 7.27. The SMILES string of the molecule is CNC(=O)C(OC)c1cccc(COc2ccc(C)cc2Cl)c1. The number of rotatable bonds is 6. The molecule has 2 rings (SSSR count). The zero-order chi connectivity index (χ0) is 16.8. The summed E-state index contributed by atoms with van der Waals surface area (Å²) in [5, 5.41) is 3.18. The Balaban J connectivity index is 2.12. The summed E-state index contributed by atoms with van der Waals surface area (Å²) in [5.41, 5.74) is 2.80. The topological polar surface area (TPSA) is 47.6 Å². The summed E-state index contributed by atoms with van der Waals surface area (Å²) in [6.07, 6.45) is -0.636. The summed E-state index contributed by atoms with van der Waals surface area (Å²) in [5.74, 6) is 0.449. The molecule has 23 heavy (non-hydrogen) atoms. The Morgan fingerprint density at radius 2 is 2.04 bits per heavy atom. The quantitative estimate of drug-likeness (QED) is 0.877. The Bertz CT molecular complexity index is 688. The molecule has 0 heterocycles. The molecule has 1 amide bonds. The third kappa shape index (κ3) is 4.47. The maximum absolute atomic E-state index is 11.8. The number of ether oxygens (including phenoxy) is 2. The van der Waals surface area contributed by atoms with Crippen LogP contribution in [0.4, 0.5) is 0 Å². The smallest absolute Gasteiger partial charge is 0.253 e. The molecule has 0 aliphatic heterocycles. The van der Waals surface area contributed by atoms with Crippen LogP contribution in [-0.4, -0.2) is 20.1 Å². The maximum Gasteiger partial charge on any atom is 0.253 e. The van der Waals surface area contributed by atoms with E-state index in [1.165, 1.54) is 7.11 Å². The van der Waals surface area contributed by atoms with Gasteiger partial charge in [0.1, 0.15) is 12.4 Å². The van der Waals surface area contributed by atoms with Crippen LogP contribution in [0, 0.1) is 6.92 Å². The second kappa shape index (κ2) is 7.99. The second-order valence-corrected chi connectivity index (χ2v) is 5.60. The van der Waals surface area contributed by atoms with Gasteiger partial charge in [0.2, 0.25) is 0 Å². The lowest BCUT2D eigenvalue weighted by Crippen LogP contribution is -2.27. The van der Waals surface area contributed by atoms with E-state index in [1.54, 1.807) is 7.05 Å². The van der Waals surface area contributed by atoms with Gasteiger partial charge in [0, 0.05) is 14.2 Å². The predicted octanol–water partition coefficient (Wildman–Crippen LogP) is 3.66. The van der Waals surface area contributed by atoms with Crippen LogP contribution in [0.25, 0.3) is 0 Å². The lowest BCUT2D eigenvalue weighted by Gasteiger charge is -2.15. The van der Waals surface area contributed by atoms with Gasteiger partial charge in [-0.05, 0) is 41.8 Å². The molecule has 4 nitrogen and oxygen atoms in total. The Hall–Kier alpha value is -2.04. The number of aryl methyl sites for hydroxylation is 1. The molecule has 1 N–H and O–H groups in total. The average Bonchev–Trinajstić information content (AvgIpc) is 2.55. The largest absolute Gasteiger partial charge is 0.487 e. The van der Waals surface area contributed by atoms with Gasteiger partial charge < -0.3 is 14.8 Å². The van der Waals surface area contributed by atoms with Crippen molar-refractivity contribution in [3.63, 3.8) is 0 Å². The van der Waals surface area contributed by atoms with E-state index in [0.29, 0.717) is 17.4 Å². The Morgan fingerprint density at radius 1 is 1.26 bits per heavy atom. The van der Waals surface area contributed by atoms with Gasteiger partial charge in [-0.3, -0.25) is 4.79 Å². The van der Waals surface area contributed by atoms with E-state index >= 15 is 0 Å². The summed E-state index contributed by atoms with van der Waals surface area (Å²) in [6, 6.07) is 13.2. The fraction of sp³-hybridized carbons (Fsp3) is 0.278. The fourth-order valence-electron chi connectivity index (χ4n) is 2.26. The van der Waals surface area contributed by atoms with E-state index < -0.39 is 6.10 Å². The van der Waals surface area contributed by atoms with Crippen molar-refractivity contribution in [3.8, 4) is 5.75 Å². The molecule has 0 aliphatic carbocycles. The molecule has 1 unspecified atom stereocenters. The number of hydrogen-bond donors (Lipinski definition) is 1. The molecule has 0 aromatic heterocycles. The molecule has 2 aromatic rings. The molecule has 1 atom stereocenters. The molecule has 0 saturated heterocycles. The van der Waals surface area contributed by atoms with Gasteiger partial charge in [0.05, 0.1) is 5.02 Å². The van der Waals surface area contributed by atoms with Crippen molar-refractivity contribution in [2.75, 3.05) is 14.2 Å². The number of carbonyl (C=O) groups excluding carboxylic acids is 1. The minimum absolute atomic E-state index is 0.188. The number of likely N-dealkylation sites (N-methyl/N-ethyl adjacent to an activating group) is 1. The van der Waals surface area contributed by atoms with Crippen molar-refractivity contribution in [2.24, 2.45) is 0 Å². The van der Waals surface area contributed by atoms with Crippen molar-refractivity contribution < 1.29 is 14.3 Å². The third-order valence-corrected chi connectivity index (χ3v) is 3.75. The molecule has 0 bridgehead atoms. The summed E-state index contributed by atoms with van der Waals surface area (Å²) < 4.78 is 11.0. The monoisotopic (exact) mass is 333 g/mol. The highest BCUT2D eigenvalue weighted by molar-refractivity contribution is 6.32. The zero-order valence-electron chi connectivity index (χ0n) is 13.4. The van der Waals surface area contributed by atoms with Gasteiger partial charge in [-0.25, -0.2) is 0 Å². The van der Waals surface area contributed by atoms with Crippen LogP contribution in [0.15, 0.2) is 42.5 Å². The molecule has 5 heteroatoms. The standard InChI is InChI=1S/C18H20ClNO3/c1-12-7-8-16(15(19)9-12)23-11-13-5-4-6-14(10-13)17(22-3)18(21)20-2/h4-10,17H,11H2,1-3H3,(H,20,21). The Labute approximate surface area is 141 Å². The van der Waals surface area contributed by atoms with Crippen LogP contribution in [0.3, 0.4) is 0 Å². The summed E-state index contributed by atoms with van der Waals surface area (Å²) >= 11 is 6.16. The summed E-state index contributed by atoms with van der Waals surface area (Å²) in [6.45, 7) is 2.34. The predicted molar refractivity (Wildman–Crippen MR) is 90.8 cm³/mol. The molecule has 2 aromatic carbocycles. The van der Waals surface area contributed by atoms with Crippen molar-refractivity contribution in [1.82, 2.24) is 5.32 Å². The van der Waals surface area contributed by atoms with Crippen LogP contribution < -0.4 is 10.1 Å². The third-order valence-electron chi connectivity index (χ3n) is 3.46. The van der Waals surface area contributed by atoms with Crippen LogP contribution in [0.5, 0.6) is 5.75 Å². The molecular formula is C18H20ClNO3. The van der Waals surface area contributed by atoms with Gasteiger partial charge in [0.25, 0.3) is 5.91 Å². The normalized spacial score (nSPS) is 11.8. The minimum atomic E-state index is -0.636. The van der Waals surface area contributed by atoms with Gasteiger partial charge >= 0.3 is 0 Å². The first-order valence-corrected chi connectivity index (χ1v) is 7.65. The number of carbonyl (C=O) groups is 1. The molecular weight excluding hydrogens is 314 g/mol. The van der Waals surface area contributed by atoms with Gasteiger partial charge in [-0.1, -0.05) is 35.9 Å². The number of benzene rings is 2. The van der Waals surface area contributed by atoms with E-state index in [4.69, 9.17) is 21.1 Å². The molecule has 0 aliphatic rings. The van der Waals surface area contributed by atoms with Crippen molar-refractivity contribution in [2.45, 2.75) is 19.6 Å². The van der Waals surface area contributed by atoms with Gasteiger partial charge in [-0.15, -0.1) is 0 Å². The number of methoxy groups -OCH3 is 1. The number of hydrogen-bond acceptors (Lipinski definition) is 3. The van der Waals surface area contributed by atoms with Crippen LogP contribution >= 0.6 is 11.6 Å². The first kappa shape index (κ1) is 17.3. The number of amides is 1. The van der Waals surface area contributed by atoms with E-state index in [9.17, 15) is 4.79 Å². The van der Waals surface area contributed by atoms with Gasteiger partial charge in [-0.2, -0.15) is 0 Å². The highest BCUT2D eigenvalue weighted by Crippen LogP contribution is 2.26. The number of halogens is 1. The summed E-state index contributed by atoms with van der Waals surface area (Å²) in [4.78, 5) is 11.8. The Morgan fingerprint density at radius 3 is 2.70 bits per heavy atom. The second-order valence-electron chi connectivity index (χ2n) is 5.20.